The van der Waals surface area contributed by atoms with Crippen LogP contribution in [0.2, 0.25) is 0 Å². The molecule has 94 heavy (non-hydrogen) atoms. The van der Waals surface area contributed by atoms with Crippen LogP contribution in [0.25, 0.3) is 0 Å². The Morgan fingerprint density at radius 1 is 0.383 bits per heavy atom. The first-order chi connectivity index (χ1) is 46.1. The monoisotopic (exact) mass is 1330 g/mol. The number of hydrogen-bond acceptors (Lipinski definition) is 13. The van der Waals surface area contributed by atoms with Gasteiger partial charge >= 0.3 is 0 Å². The van der Waals surface area contributed by atoms with E-state index in [0.717, 1.165) is 44.9 Å². The van der Waals surface area contributed by atoms with Crippen LogP contribution >= 0.6 is 0 Å². The van der Waals surface area contributed by atoms with Crippen molar-refractivity contribution in [3.8, 4) is 0 Å². The molecule has 9 N–H and O–H groups in total. The van der Waals surface area contributed by atoms with Gasteiger partial charge in [-0.05, 0) is 70.6 Å². The molecule has 2 rings (SSSR count). The standard InChI is InChI=1S/C80H147NO13/c1-3-5-7-9-11-13-15-17-19-21-23-25-27-28-29-30-31-32-33-34-35-36-37-38-39-40-42-44-46-48-50-52-54-56-58-60-62-64-72(85)81-68(67-91-79-77(90)75(88)78(71(66-83)93-79)94-80-76(89)74(87)73(86)70(65-82)92-80)69(84)63-61-59-57-55-53-51-49-47-45-43-41-26-24-22-20-18-16-14-12-10-8-6-4-2/h15,17,21,23,27-28,53,55,61,63,68-71,73-80,82-84,86-90H,3-14,16,18-20,22,24-26,29-52,54,56-60,62,64-67H2,1-2H3,(H,81,85)/b17-15-,23-21-,28-27-,55-53+,63-61+. The molecule has 0 radical (unpaired) electrons. The molecule has 2 aliphatic rings. The minimum absolute atomic E-state index is 0.243. The summed E-state index contributed by atoms with van der Waals surface area (Å²) in [5, 5.41) is 87.6. The summed E-state index contributed by atoms with van der Waals surface area (Å²) in [7, 11) is 0. The molecule has 14 heteroatoms. The van der Waals surface area contributed by atoms with E-state index in [1.165, 1.54) is 270 Å². The number of amides is 1. The molecule has 12 unspecified atom stereocenters. The number of hydrogen-bond donors (Lipinski definition) is 9. The molecule has 2 heterocycles. The third-order valence-corrected chi connectivity index (χ3v) is 19.2. The zero-order chi connectivity index (χ0) is 68.0. The van der Waals surface area contributed by atoms with Crippen molar-refractivity contribution in [2.24, 2.45) is 0 Å². The lowest BCUT2D eigenvalue weighted by Crippen LogP contribution is -2.65. The second kappa shape index (κ2) is 64.1. The van der Waals surface area contributed by atoms with E-state index in [0.29, 0.717) is 12.8 Å². The van der Waals surface area contributed by atoms with Gasteiger partial charge in [0.25, 0.3) is 0 Å². The number of aliphatic hydroxyl groups is 8. The van der Waals surface area contributed by atoms with E-state index in [9.17, 15) is 45.6 Å². The van der Waals surface area contributed by atoms with Crippen molar-refractivity contribution in [1.82, 2.24) is 5.32 Å². The summed E-state index contributed by atoms with van der Waals surface area (Å²) in [5.74, 6) is -0.243. The maximum atomic E-state index is 13.4. The summed E-state index contributed by atoms with van der Waals surface area (Å²) >= 11 is 0. The zero-order valence-electron chi connectivity index (χ0n) is 60.2. The molecule has 550 valence electrons. The Hall–Kier alpha value is -2.31. The van der Waals surface area contributed by atoms with Gasteiger partial charge in [0.15, 0.2) is 12.6 Å². The number of aliphatic hydroxyl groups excluding tert-OH is 8. The van der Waals surface area contributed by atoms with E-state index < -0.39 is 86.8 Å². The molecule has 0 saturated carbocycles. The van der Waals surface area contributed by atoms with Crippen LogP contribution in [-0.2, 0) is 23.7 Å². The van der Waals surface area contributed by atoms with Crippen molar-refractivity contribution in [2.75, 3.05) is 19.8 Å². The van der Waals surface area contributed by atoms with Crippen LogP contribution in [0.4, 0.5) is 0 Å². The van der Waals surface area contributed by atoms with Crippen LogP contribution in [0.1, 0.15) is 348 Å². The first kappa shape index (κ1) is 87.8. The molecule has 12 atom stereocenters. The molecule has 14 nitrogen and oxygen atoms in total. The molecule has 0 aromatic heterocycles. The van der Waals surface area contributed by atoms with Gasteiger partial charge in [0.05, 0.1) is 32.0 Å². The molecule has 0 bridgehead atoms. The van der Waals surface area contributed by atoms with Gasteiger partial charge in [-0.2, -0.15) is 0 Å². The van der Waals surface area contributed by atoms with Crippen LogP contribution in [0.15, 0.2) is 60.8 Å². The summed E-state index contributed by atoms with van der Waals surface area (Å²) in [6.07, 6.45) is 70.2. The Morgan fingerprint density at radius 3 is 1.12 bits per heavy atom. The van der Waals surface area contributed by atoms with E-state index in [1.54, 1.807) is 6.08 Å². The number of carbonyl (C=O) groups is 1. The fraction of sp³-hybridized carbons (Fsp3) is 0.863. The van der Waals surface area contributed by atoms with Gasteiger partial charge in [0.1, 0.15) is 48.8 Å². The highest BCUT2D eigenvalue weighted by atomic mass is 16.7. The molecule has 0 aromatic rings. The summed E-state index contributed by atoms with van der Waals surface area (Å²) in [6, 6.07) is -0.933. The number of ether oxygens (including phenoxy) is 4. The molecule has 0 aromatic carbocycles. The van der Waals surface area contributed by atoms with Crippen LogP contribution in [-0.4, -0.2) is 140 Å². The summed E-state index contributed by atoms with van der Waals surface area (Å²) < 4.78 is 22.9. The molecule has 0 aliphatic carbocycles. The number of carbonyl (C=O) groups excluding carboxylic acids is 1. The Labute approximate surface area is 575 Å². The van der Waals surface area contributed by atoms with Crippen molar-refractivity contribution in [2.45, 2.75) is 421 Å². The van der Waals surface area contributed by atoms with Crippen molar-refractivity contribution in [1.29, 1.82) is 0 Å². The van der Waals surface area contributed by atoms with Crippen LogP contribution in [0.3, 0.4) is 0 Å². The SMILES string of the molecule is CCCCCCC/C=C\C/C=C\C/C=C\CCCCCCCCCCCCCCCCCCCCCCCCC(=O)NC(COC1OC(CO)C(OC2OC(CO)C(O)C(O)C2O)C(O)C1O)C(O)/C=C/CC/C=C/CCCCCCCCCCCCCCCCCCC. The van der Waals surface area contributed by atoms with Gasteiger partial charge in [-0.1, -0.05) is 331 Å². The van der Waals surface area contributed by atoms with Crippen molar-refractivity contribution >= 4 is 5.91 Å². The van der Waals surface area contributed by atoms with Gasteiger partial charge in [-0.25, -0.2) is 0 Å². The highest BCUT2D eigenvalue weighted by molar-refractivity contribution is 5.76. The number of rotatable bonds is 66. The van der Waals surface area contributed by atoms with Crippen LogP contribution in [0, 0.1) is 0 Å². The number of allylic oxidation sites excluding steroid dienone is 9. The highest BCUT2D eigenvalue weighted by Gasteiger charge is 2.51. The van der Waals surface area contributed by atoms with Crippen molar-refractivity contribution < 1.29 is 64.6 Å². The maximum Gasteiger partial charge on any atom is 0.220 e. The summed E-state index contributed by atoms with van der Waals surface area (Å²) in [6.45, 7) is 2.82. The van der Waals surface area contributed by atoms with E-state index in [-0.39, 0.29) is 18.9 Å². The minimum Gasteiger partial charge on any atom is -0.394 e. The Kier molecular flexibility index (Phi) is 59.8. The quantitative estimate of drug-likeness (QED) is 0.0204. The van der Waals surface area contributed by atoms with Gasteiger partial charge in [0.2, 0.25) is 5.91 Å². The third-order valence-electron chi connectivity index (χ3n) is 19.2. The largest absolute Gasteiger partial charge is 0.394 e. The average Bonchev–Trinajstić information content (AvgIpc) is 0.794. The molecule has 1 amide bonds. The zero-order valence-corrected chi connectivity index (χ0v) is 60.2. The predicted molar refractivity (Wildman–Crippen MR) is 387 cm³/mol. The molecular formula is C80H147NO13. The fourth-order valence-electron chi connectivity index (χ4n) is 12.9. The van der Waals surface area contributed by atoms with Crippen molar-refractivity contribution in [3.63, 3.8) is 0 Å². The number of nitrogens with one attached hydrogen (secondary N) is 1. The van der Waals surface area contributed by atoms with Crippen LogP contribution < -0.4 is 5.32 Å². The first-order valence-corrected chi connectivity index (χ1v) is 39.5. The average molecular weight is 1330 g/mol. The van der Waals surface area contributed by atoms with Crippen LogP contribution in [0.5, 0.6) is 0 Å². The Morgan fingerprint density at radius 2 is 0.713 bits per heavy atom. The maximum absolute atomic E-state index is 13.4. The Balaban J connectivity index is 1.61. The normalized spacial score (nSPS) is 22.7. The highest BCUT2D eigenvalue weighted by Crippen LogP contribution is 2.30. The lowest BCUT2D eigenvalue weighted by molar-refractivity contribution is -0.359. The summed E-state index contributed by atoms with van der Waals surface area (Å²) in [5.41, 5.74) is 0. The lowest BCUT2D eigenvalue weighted by atomic mass is 9.97. The molecular weight excluding hydrogens is 1180 g/mol. The second-order valence-electron chi connectivity index (χ2n) is 27.8. The molecule has 2 saturated heterocycles. The van der Waals surface area contributed by atoms with Crippen molar-refractivity contribution in [3.05, 3.63) is 60.8 Å². The molecule has 2 fully saturated rings. The van der Waals surface area contributed by atoms with E-state index in [1.807, 2.05) is 6.08 Å². The lowest BCUT2D eigenvalue weighted by Gasteiger charge is -2.46. The predicted octanol–water partition coefficient (Wildman–Crippen LogP) is 17.6. The summed E-state index contributed by atoms with van der Waals surface area (Å²) in [4.78, 5) is 13.4. The number of unbranched alkanes of at least 4 members (excludes halogenated alkanes) is 45. The fourth-order valence-corrected chi connectivity index (χ4v) is 12.9. The topological polar surface area (TPSA) is 228 Å². The van der Waals surface area contributed by atoms with Gasteiger partial charge in [0, 0.05) is 6.42 Å². The minimum atomic E-state index is -1.79. The second-order valence-corrected chi connectivity index (χ2v) is 27.8. The smallest absolute Gasteiger partial charge is 0.220 e. The van der Waals surface area contributed by atoms with E-state index in [2.05, 4.69) is 67.8 Å². The first-order valence-electron chi connectivity index (χ1n) is 39.5. The van der Waals surface area contributed by atoms with Gasteiger partial charge in [-0.15, -0.1) is 0 Å². The van der Waals surface area contributed by atoms with Gasteiger partial charge in [-0.3, -0.25) is 4.79 Å². The molecule has 2 aliphatic heterocycles. The Bertz CT molecular complexity index is 1810. The van der Waals surface area contributed by atoms with E-state index in [4.69, 9.17) is 18.9 Å². The van der Waals surface area contributed by atoms with E-state index >= 15 is 0 Å². The third kappa shape index (κ3) is 46.9. The van der Waals surface area contributed by atoms with Gasteiger partial charge < -0.3 is 65.1 Å². The molecule has 0 spiro atoms.